The van der Waals surface area contributed by atoms with Crippen LogP contribution in [0.4, 0.5) is 10.1 Å². The minimum Gasteiger partial charge on any atom is -0.394 e. The number of aliphatic hydroxyl groups is 1. The summed E-state index contributed by atoms with van der Waals surface area (Å²) >= 11 is 0. The fourth-order valence-corrected chi connectivity index (χ4v) is 4.30. The third kappa shape index (κ3) is 3.36. The number of anilines is 1. The zero-order valence-electron chi connectivity index (χ0n) is 15.8. The molecule has 0 aliphatic carbocycles. The maximum atomic E-state index is 13.0. The van der Waals surface area contributed by atoms with Crippen LogP contribution in [-0.4, -0.2) is 35.1 Å². The Bertz CT molecular complexity index is 945. The Balaban J connectivity index is 1.70. The summed E-state index contributed by atoms with van der Waals surface area (Å²) in [6, 6.07) is 11.9. The van der Waals surface area contributed by atoms with Gasteiger partial charge in [-0.25, -0.2) is 4.39 Å². The first-order chi connectivity index (χ1) is 13.6. The third-order valence-corrected chi connectivity index (χ3v) is 5.69. The number of aliphatic hydroxyl groups excluding tert-OH is 1. The Morgan fingerprint density at radius 2 is 1.93 bits per heavy atom. The number of benzene rings is 2. The van der Waals surface area contributed by atoms with Crippen LogP contribution in [0.5, 0.6) is 0 Å². The van der Waals surface area contributed by atoms with Gasteiger partial charge in [-0.3, -0.25) is 4.79 Å². The molecule has 1 amide bonds. The van der Waals surface area contributed by atoms with Crippen LogP contribution in [-0.2, 0) is 4.79 Å². The summed E-state index contributed by atoms with van der Waals surface area (Å²) < 4.78 is 13.0. The van der Waals surface area contributed by atoms with Gasteiger partial charge in [-0.05, 0) is 54.4 Å². The fourth-order valence-electron chi connectivity index (χ4n) is 4.30. The highest BCUT2D eigenvalue weighted by atomic mass is 19.1. The molecule has 0 spiro atoms. The molecule has 4 nitrogen and oxygen atoms in total. The molecule has 28 heavy (non-hydrogen) atoms. The Kier molecular flexibility index (Phi) is 5.06. The van der Waals surface area contributed by atoms with Crippen LogP contribution in [0.25, 0.3) is 0 Å². The molecule has 0 saturated carbocycles. The van der Waals surface area contributed by atoms with Gasteiger partial charge >= 0.3 is 0 Å². The highest BCUT2D eigenvalue weighted by Crippen LogP contribution is 2.46. The zero-order chi connectivity index (χ0) is 19.7. The summed E-state index contributed by atoms with van der Waals surface area (Å²) in [6.07, 6.45) is 1.35. The molecular formula is C23H23FN2O2. The summed E-state index contributed by atoms with van der Waals surface area (Å²) in [6.45, 7) is 2.64. The summed E-state index contributed by atoms with van der Waals surface area (Å²) in [7, 11) is 0. The molecule has 0 aromatic heterocycles. The lowest BCUT2D eigenvalue weighted by Gasteiger charge is -2.39. The smallest absolute Gasteiger partial charge is 0.222 e. The second kappa shape index (κ2) is 7.65. The van der Waals surface area contributed by atoms with Gasteiger partial charge in [0, 0.05) is 35.7 Å². The number of carbonyl (C=O) groups is 1. The molecule has 2 N–H and O–H groups in total. The fraction of sp³-hybridized carbons (Fsp3) is 0.348. The molecule has 2 aliphatic rings. The van der Waals surface area contributed by atoms with E-state index in [0.717, 1.165) is 28.8 Å². The molecule has 3 atom stereocenters. The van der Waals surface area contributed by atoms with Gasteiger partial charge in [-0.2, -0.15) is 0 Å². The first-order valence-electron chi connectivity index (χ1n) is 9.69. The van der Waals surface area contributed by atoms with Gasteiger partial charge < -0.3 is 15.3 Å². The number of nitrogens with one attached hydrogen (secondary N) is 1. The van der Waals surface area contributed by atoms with Gasteiger partial charge in [0.25, 0.3) is 0 Å². The first kappa shape index (κ1) is 18.5. The molecule has 1 saturated heterocycles. The molecule has 4 rings (SSSR count). The SMILES string of the molecule is CCC(=O)N1CC[C@@H]2[C@@H](CO)Nc3ccc(C#Cc4ccc(F)cc4)cc3[C@@H]21. The molecule has 0 bridgehead atoms. The van der Waals surface area contributed by atoms with E-state index < -0.39 is 0 Å². The van der Waals surface area contributed by atoms with Crippen LogP contribution in [0.3, 0.4) is 0 Å². The molecule has 2 aromatic rings. The van der Waals surface area contributed by atoms with E-state index in [1.54, 1.807) is 12.1 Å². The van der Waals surface area contributed by atoms with Crippen molar-refractivity contribution in [1.82, 2.24) is 4.90 Å². The van der Waals surface area contributed by atoms with Crippen LogP contribution in [0.15, 0.2) is 42.5 Å². The monoisotopic (exact) mass is 378 g/mol. The second-order valence-corrected chi connectivity index (χ2v) is 7.33. The zero-order valence-corrected chi connectivity index (χ0v) is 15.8. The minimum atomic E-state index is -0.281. The van der Waals surface area contributed by atoms with E-state index in [1.807, 2.05) is 30.0 Å². The molecule has 0 radical (unpaired) electrons. The molecular weight excluding hydrogens is 355 g/mol. The topological polar surface area (TPSA) is 52.6 Å². The largest absolute Gasteiger partial charge is 0.394 e. The summed E-state index contributed by atoms with van der Waals surface area (Å²) in [5.74, 6) is 6.25. The van der Waals surface area contributed by atoms with E-state index in [4.69, 9.17) is 0 Å². The number of halogens is 1. The molecule has 2 aliphatic heterocycles. The van der Waals surface area contributed by atoms with Crippen molar-refractivity contribution >= 4 is 11.6 Å². The summed E-state index contributed by atoms with van der Waals surface area (Å²) in [5, 5.41) is 13.2. The minimum absolute atomic E-state index is 0.0339. The van der Waals surface area contributed by atoms with Crippen LogP contribution in [0.2, 0.25) is 0 Å². The van der Waals surface area contributed by atoms with E-state index in [9.17, 15) is 14.3 Å². The number of amides is 1. The van der Waals surface area contributed by atoms with Crippen molar-refractivity contribution in [3.63, 3.8) is 0 Å². The summed E-state index contributed by atoms with van der Waals surface area (Å²) in [5.41, 5.74) is 3.60. The lowest BCUT2D eigenvalue weighted by molar-refractivity contribution is -0.132. The van der Waals surface area contributed by atoms with Gasteiger partial charge in [0.05, 0.1) is 18.7 Å². The second-order valence-electron chi connectivity index (χ2n) is 7.33. The third-order valence-electron chi connectivity index (χ3n) is 5.69. The summed E-state index contributed by atoms with van der Waals surface area (Å²) in [4.78, 5) is 14.4. The quantitative estimate of drug-likeness (QED) is 0.789. The van der Waals surface area contributed by atoms with Gasteiger partial charge in [0.15, 0.2) is 0 Å². The molecule has 1 fully saturated rings. The Morgan fingerprint density at radius 3 is 2.64 bits per heavy atom. The molecule has 0 unspecified atom stereocenters. The lowest BCUT2D eigenvalue weighted by Crippen LogP contribution is -2.42. The lowest BCUT2D eigenvalue weighted by atomic mass is 9.82. The first-order valence-corrected chi connectivity index (χ1v) is 9.69. The van der Waals surface area contributed by atoms with Crippen molar-refractivity contribution in [3.8, 4) is 11.8 Å². The maximum Gasteiger partial charge on any atom is 0.222 e. The molecule has 2 aromatic carbocycles. The maximum absolute atomic E-state index is 13.0. The predicted octanol–water partition coefficient (Wildman–Crippen LogP) is 3.31. The van der Waals surface area contributed by atoms with Crippen molar-refractivity contribution in [2.45, 2.75) is 31.8 Å². The van der Waals surface area contributed by atoms with Crippen LogP contribution >= 0.6 is 0 Å². The van der Waals surface area contributed by atoms with Gasteiger partial charge in [-0.15, -0.1) is 0 Å². The van der Waals surface area contributed by atoms with Crippen molar-refractivity contribution in [2.24, 2.45) is 5.92 Å². The van der Waals surface area contributed by atoms with Crippen molar-refractivity contribution in [1.29, 1.82) is 0 Å². The van der Waals surface area contributed by atoms with Crippen LogP contribution in [0.1, 0.15) is 42.5 Å². The highest BCUT2D eigenvalue weighted by Gasteiger charge is 2.45. The van der Waals surface area contributed by atoms with E-state index in [0.29, 0.717) is 13.0 Å². The van der Waals surface area contributed by atoms with Crippen molar-refractivity contribution in [2.75, 3.05) is 18.5 Å². The van der Waals surface area contributed by atoms with E-state index >= 15 is 0 Å². The number of hydrogen-bond acceptors (Lipinski definition) is 3. The van der Waals surface area contributed by atoms with E-state index in [2.05, 4.69) is 17.2 Å². The molecule has 144 valence electrons. The Hall–Kier alpha value is -2.84. The number of rotatable bonds is 2. The van der Waals surface area contributed by atoms with Gasteiger partial charge in [0.1, 0.15) is 5.82 Å². The van der Waals surface area contributed by atoms with E-state index in [1.165, 1.54) is 12.1 Å². The van der Waals surface area contributed by atoms with Crippen LogP contribution < -0.4 is 5.32 Å². The number of fused-ring (bicyclic) bond motifs is 3. The van der Waals surface area contributed by atoms with E-state index in [-0.39, 0.29) is 36.3 Å². The standard InChI is InChI=1S/C23H23FN2O2/c1-2-22(28)26-12-11-18-21(14-27)25-20-10-7-16(13-19(20)23(18)26)4-3-15-5-8-17(24)9-6-15/h5-10,13,18,21,23,25,27H,2,11-12,14H2,1H3/t18-,21-,23-/m1/s1. The number of carbonyl (C=O) groups excluding carboxylic acids is 1. The van der Waals surface area contributed by atoms with Crippen molar-refractivity contribution in [3.05, 3.63) is 65.0 Å². The number of likely N-dealkylation sites (tertiary alicyclic amines) is 1. The molecule has 5 heteroatoms. The number of nitrogens with zero attached hydrogens (tertiary/aromatic N) is 1. The highest BCUT2D eigenvalue weighted by molar-refractivity contribution is 5.77. The Labute approximate surface area is 164 Å². The average molecular weight is 378 g/mol. The average Bonchev–Trinajstić information content (AvgIpc) is 3.17. The van der Waals surface area contributed by atoms with Gasteiger partial charge in [-0.1, -0.05) is 18.8 Å². The predicted molar refractivity (Wildman–Crippen MR) is 106 cm³/mol. The van der Waals surface area contributed by atoms with Gasteiger partial charge in [0.2, 0.25) is 5.91 Å². The van der Waals surface area contributed by atoms with Crippen molar-refractivity contribution < 1.29 is 14.3 Å². The Morgan fingerprint density at radius 1 is 1.21 bits per heavy atom. The molecule has 2 heterocycles. The number of hydrogen-bond donors (Lipinski definition) is 2. The van der Waals surface area contributed by atoms with Crippen LogP contribution in [0, 0.1) is 23.6 Å². The normalized spacial score (nSPS) is 22.5.